The van der Waals surface area contributed by atoms with E-state index >= 15 is 0 Å². The molecule has 2 atom stereocenters. The molecule has 0 heterocycles. The van der Waals surface area contributed by atoms with Gasteiger partial charge >= 0.3 is 0 Å². The normalized spacial score (nSPS) is 13.9. The Hall–Kier alpha value is -1.06. The minimum absolute atomic E-state index is 0.0327. The predicted molar refractivity (Wildman–Crippen MR) is 78.2 cm³/mol. The highest BCUT2D eigenvalue weighted by Gasteiger charge is 2.16. The number of amides is 1. The van der Waals surface area contributed by atoms with E-state index in [-0.39, 0.29) is 24.5 Å². The lowest BCUT2D eigenvalue weighted by Gasteiger charge is -2.17. The Morgan fingerprint density at radius 3 is 2.68 bits per heavy atom. The molecule has 106 valence electrons. The fourth-order valence-electron chi connectivity index (χ4n) is 1.94. The molecule has 1 amide bonds. The molecule has 4 heteroatoms. The van der Waals surface area contributed by atoms with E-state index in [0.717, 1.165) is 12.0 Å². The topological polar surface area (TPSA) is 49.3 Å². The molecular weight excluding hydrogens is 262 g/mol. The molecule has 0 aliphatic heterocycles. The first kappa shape index (κ1) is 16.0. The van der Waals surface area contributed by atoms with E-state index < -0.39 is 0 Å². The van der Waals surface area contributed by atoms with Crippen molar-refractivity contribution in [3.8, 4) is 0 Å². The summed E-state index contributed by atoms with van der Waals surface area (Å²) in [5.74, 6) is -0.0816. The molecule has 0 aromatic heterocycles. The third-order valence-electron chi connectivity index (χ3n) is 3.12. The van der Waals surface area contributed by atoms with Crippen molar-refractivity contribution in [3.05, 3.63) is 34.9 Å². The quantitative estimate of drug-likeness (QED) is 0.808. The SMILES string of the molecule is CC(CCCO)NC(=O)C(C)Cc1ccccc1Cl. The zero-order valence-corrected chi connectivity index (χ0v) is 12.3. The van der Waals surface area contributed by atoms with Gasteiger partial charge in [-0.3, -0.25) is 4.79 Å². The van der Waals surface area contributed by atoms with E-state index in [1.165, 1.54) is 0 Å². The minimum Gasteiger partial charge on any atom is -0.396 e. The molecule has 0 spiro atoms. The van der Waals surface area contributed by atoms with Gasteiger partial charge in [0.05, 0.1) is 0 Å². The number of benzene rings is 1. The van der Waals surface area contributed by atoms with Crippen LogP contribution in [0, 0.1) is 5.92 Å². The number of carbonyl (C=O) groups excluding carboxylic acids is 1. The van der Waals surface area contributed by atoms with Crippen molar-refractivity contribution in [3.63, 3.8) is 0 Å². The van der Waals surface area contributed by atoms with Crippen molar-refractivity contribution in [2.75, 3.05) is 6.61 Å². The fourth-order valence-corrected chi connectivity index (χ4v) is 2.15. The second-order valence-electron chi connectivity index (χ2n) is 4.97. The Morgan fingerprint density at radius 1 is 1.37 bits per heavy atom. The van der Waals surface area contributed by atoms with Crippen LogP contribution in [0.3, 0.4) is 0 Å². The van der Waals surface area contributed by atoms with E-state index in [9.17, 15) is 4.79 Å². The van der Waals surface area contributed by atoms with Gasteiger partial charge in [0, 0.05) is 23.6 Å². The molecule has 0 bridgehead atoms. The van der Waals surface area contributed by atoms with Gasteiger partial charge in [0.25, 0.3) is 0 Å². The molecule has 19 heavy (non-hydrogen) atoms. The highest BCUT2D eigenvalue weighted by atomic mass is 35.5. The second kappa shape index (κ2) is 8.18. The van der Waals surface area contributed by atoms with Crippen LogP contribution < -0.4 is 5.32 Å². The summed E-state index contributed by atoms with van der Waals surface area (Å²) >= 11 is 6.09. The van der Waals surface area contributed by atoms with Gasteiger partial charge in [-0.1, -0.05) is 36.7 Å². The van der Waals surface area contributed by atoms with Crippen molar-refractivity contribution in [2.24, 2.45) is 5.92 Å². The van der Waals surface area contributed by atoms with Gasteiger partial charge in [-0.05, 0) is 37.8 Å². The van der Waals surface area contributed by atoms with E-state index in [0.29, 0.717) is 17.9 Å². The molecule has 0 radical (unpaired) electrons. The molecule has 1 rings (SSSR count). The summed E-state index contributed by atoms with van der Waals surface area (Å²) < 4.78 is 0. The summed E-state index contributed by atoms with van der Waals surface area (Å²) in [4.78, 5) is 12.0. The second-order valence-corrected chi connectivity index (χ2v) is 5.38. The summed E-state index contributed by atoms with van der Waals surface area (Å²) in [5, 5.41) is 12.4. The van der Waals surface area contributed by atoms with Crippen molar-refractivity contribution >= 4 is 17.5 Å². The lowest BCUT2D eigenvalue weighted by atomic mass is 10.00. The molecule has 3 nitrogen and oxygen atoms in total. The van der Waals surface area contributed by atoms with Crippen LogP contribution in [0.2, 0.25) is 5.02 Å². The number of nitrogens with one attached hydrogen (secondary N) is 1. The molecule has 0 saturated carbocycles. The summed E-state index contributed by atoms with van der Waals surface area (Å²) in [6.45, 7) is 4.02. The molecule has 2 unspecified atom stereocenters. The lowest BCUT2D eigenvalue weighted by molar-refractivity contribution is -0.125. The van der Waals surface area contributed by atoms with Crippen molar-refractivity contribution in [1.82, 2.24) is 5.32 Å². The monoisotopic (exact) mass is 283 g/mol. The lowest BCUT2D eigenvalue weighted by Crippen LogP contribution is -2.37. The summed E-state index contributed by atoms with van der Waals surface area (Å²) in [6.07, 6.45) is 2.14. The molecule has 2 N–H and O–H groups in total. The first-order valence-electron chi connectivity index (χ1n) is 6.69. The maximum absolute atomic E-state index is 12.0. The standard InChI is InChI=1S/C15H22ClNO2/c1-11(10-13-7-3-4-8-14(13)16)15(19)17-12(2)6-5-9-18/h3-4,7-8,11-12,18H,5-6,9-10H2,1-2H3,(H,17,19). The molecule has 1 aromatic rings. The number of aliphatic hydroxyl groups excluding tert-OH is 1. The summed E-state index contributed by atoms with van der Waals surface area (Å²) in [5.41, 5.74) is 0.995. The molecule has 0 fully saturated rings. The third kappa shape index (κ3) is 5.62. The Bertz CT molecular complexity index is 409. The average Bonchev–Trinajstić information content (AvgIpc) is 2.38. The van der Waals surface area contributed by atoms with Crippen LogP contribution >= 0.6 is 11.6 Å². The minimum atomic E-state index is -0.114. The Balaban J connectivity index is 2.47. The third-order valence-corrected chi connectivity index (χ3v) is 3.48. The van der Waals surface area contributed by atoms with Crippen LogP contribution in [-0.4, -0.2) is 23.7 Å². The van der Waals surface area contributed by atoms with Crippen molar-refractivity contribution < 1.29 is 9.90 Å². The maximum Gasteiger partial charge on any atom is 0.223 e. The maximum atomic E-state index is 12.0. The summed E-state index contributed by atoms with van der Waals surface area (Å²) in [6, 6.07) is 7.68. The zero-order chi connectivity index (χ0) is 14.3. The number of rotatable bonds is 7. The van der Waals surface area contributed by atoms with Gasteiger partial charge < -0.3 is 10.4 Å². The number of hydrogen-bond donors (Lipinski definition) is 2. The number of halogens is 1. The van der Waals surface area contributed by atoms with Gasteiger partial charge in [-0.25, -0.2) is 0 Å². The van der Waals surface area contributed by atoms with E-state index in [1.54, 1.807) is 0 Å². The van der Waals surface area contributed by atoms with Gasteiger partial charge in [0.15, 0.2) is 0 Å². The molecule has 0 saturated heterocycles. The molecule has 0 aliphatic rings. The van der Waals surface area contributed by atoms with Gasteiger partial charge in [0.2, 0.25) is 5.91 Å². The van der Waals surface area contributed by atoms with Crippen LogP contribution in [-0.2, 0) is 11.2 Å². The van der Waals surface area contributed by atoms with Crippen molar-refractivity contribution in [1.29, 1.82) is 0 Å². The van der Waals surface area contributed by atoms with Crippen LogP contribution in [0.5, 0.6) is 0 Å². The fraction of sp³-hybridized carbons (Fsp3) is 0.533. The number of hydrogen-bond acceptors (Lipinski definition) is 2. The van der Waals surface area contributed by atoms with Crippen LogP contribution in [0.1, 0.15) is 32.3 Å². The van der Waals surface area contributed by atoms with Gasteiger partial charge in [-0.2, -0.15) is 0 Å². The Kier molecular flexibility index (Phi) is 6.89. The van der Waals surface area contributed by atoms with Crippen molar-refractivity contribution in [2.45, 2.75) is 39.2 Å². The van der Waals surface area contributed by atoms with Crippen LogP contribution in [0.25, 0.3) is 0 Å². The largest absolute Gasteiger partial charge is 0.396 e. The predicted octanol–water partition coefficient (Wildman–Crippen LogP) is 2.80. The molecule has 0 aliphatic carbocycles. The first-order valence-corrected chi connectivity index (χ1v) is 7.07. The van der Waals surface area contributed by atoms with E-state index in [2.05, 4.69) is 5.32 Å². The Labute approximate surface area is 120 Å². The molecule has 1 aromatic carbocycles. The first-order chi connectivity index (χ1) is 9.04. The van der Waals surface area contributed by atoms with E-state index in [1.807, 2.05) is 38.1 Å². The smallest absolute Gasteiger partial charge is 0.223 e. The number of carbonyl (C=O) groups is 1. The van der Waals surface area contributed by atoms with E-state index in [4.69, 9.17) is 16.7 Å². The van der Waals surface area contributed by atoms with Gasteiger partial charge in [-0.15, -0.1) is 0 Å². The zero-order valence-electron chi connectivity index (χ0n) is 11.5. The number of aliphatic hydroxyl groups is 1. The highest BCUT2D eigenvalue weighted by Crippen LogP contribution is 2.18. The van der Waals surface area contributed by atoms with Crippen LogP contribution in [0.4, 0.5) is 0 Å². The van der Waals surface area contributed by atoms with Gasteiger partial charge in [0.1, 0.15) is 0 Å². The average molecular weight is 284 g/mol. The Morgan fingerprint density at radius 2 is 2.05 bits per heavy atom. The highest BCUT2D eigenvalue weighted by molar-refractivity contribution is 6.31. The molecular formula is C15H22ClNO2. The van der Waals surface area contributed by atoms with Crippen LogP contribution in [0.15, 0.2) is 24.3 Å². The summed E-state index contributed by atoms with van der Waals surface area (Å²) in [7, 11) is 0.